The van der Waals surface area contributed by atoms with Gasteiger partial charge in [-0.15, -0.1) is 0 Å². The molecule has 1 aliphatic rings. The molecule has 0 aliphatic carbocycles. The standard InChI is InChI=1S/C23H16BrClN4O/c24-15-11-9-14(10-12-15)20-13-21(22-26-18-7-3-4-8-19(18)27-22)29(28-20)23(30)16-5-1-2-6-17(16)25/h1-12,21H,13H2,(H,26,27)/t21-/m0/s1. The third-order valence-electron chi connectivity index (χ3n) is 5.12. The van der Waals surface area contributed by atoms with Crippen LogP contribution >= 0.6 is 27.5 Å². The molecule has 5 rings (SSSR count). The minimum Gasteiger partial charge on any atom is -0.340 e. The Labute approximate surface area is 186 Å². The first kappa shape index (κ1) is 19.0. The maximum atomic E-state index is 13.4. The van der Waals surface area contributed by atoms with E-state index in [9.17, 15) is 4.79 Å². The van der Waals surface area contributed by atoms with Gasteiger partial charge in [0.05, 0.1) is 27.3 Å². The van der Waals surface area contributed by atoms with E-state index in [0.29, 0.717) is 22.8 Å². The van der Waals surface area contributed by atoms with Gasteiger partial charge in [0.1, 0.15) is 11.9 Å². The highest BCUT2D eigenvalue weighted by atomic mass is 79.9. The number of fused-ring (bicyclic) bond motifs is 1. The molecule has 7 heteroatoms. The normalized spacial score (nSPS) is 16.1. The summed E-state index contributed by atoms with van der Waals surface area (Å²) in [4.78, 5) is 21.5. The Morgan fingerprint density at radius 3 is 2.53 bits per heavy atom. The van der Waals surface area contributed by atoms with E-state index in [0.717, 1.165) is 26.8 Å². The zero-order valence-electron chi connectivity index (χ0n) is 15.7. The topological polar surface area (TPSA) is 61.4 Å². The van der Waals surface area contributed by atoms with Crippen LogP contribution in [0.5, 0.6) is 0 Å². The largest absolute Gasteiger partial charge is 0.340 e. The third-order valence-corrected chi connectivity index (χ3v) is 5.98. The number of aromatic amines is 1. The van der Waals surface area contributed by atoms with Gasteiger partial charge in [-0.3, -0.25) is 4.79 Å². The van der Waals surface area contributed by atoms with E-state index in [1.54, 1.807) is 24.3 Å². The molecule has 2 heterocycles. The fourth-order valence-corrected chi connectivity index (χ4v) is 4.10. The van der Waals surface area contributed by atoms with Crippen LogP contribution in [-0.2, 0) is 0 Å². The van der Waals surface area contributed by atoms with Crippen LogP contribution in [0, 0.1) is 0 Å². The smallest absolute Gasteiger partial charge is 0.276 e. The second-order valence-electron chi connectivity index (χ2n) is 7.04. The zero-order valence-corrected chi connectivity index (χ0v) is 18.1. The third kappa shape index (κ3) is 3.42. The molecule has 3 aromatic carbocycles. The number of hydrogen-bond acceptors (Lipinski definition) is 3. The molecule has 4 aromatic rings. The van der Waals surface area contributed by atoms with E-state index in [4.69, 9.17) is 21.7 Å². The van der Waals surface area contributed by atoms with Crippen molar-refractivity contribution in [3.05, 3.63) is 99.2 Å². The molecule has 5 nitrogen and oxygen atoms in total. The van der Waals surface area contributed by atoms with E-state index >= 15 is 0 Å². The van der Waals surface area contributed by atoms with Gasteiger partial charge in [-0.25, -0.2) is 9.99 Å². The molecular formula is C23H16BrClN4O. The van der Waals surface area contributed by atoms with Crippen LogP contribution < -0.4 is 0 Å². The zero-order chi connectivity index (χ0) is 20.7. The summed E-state index contributed by atoms with van der Waals surface area (Å²) >= 11 is 9.76. The Morgan fingerprint density at radius 1 is 1.03 bits per heavy atom. The molecule has 148 valence electrons. The van der Waals surface area contributed by atoms with Gasteiger partial charge in [0.15, 0.2) is 0 Å². The lowest BCUT2D eigenvalue weighted by atomic mass is 10.0. The monoisotopic (exact) mass is 478 g/mol. The van der Waals surface area contributed by atoms with Crippen molar-refractivity contribution in [2.24, 2.45) is 5.10 Å². The molecule has 30 heavy (non-hydrogen) atoms. The minimum absolute atomic E-state index is 0.252. The second-order valence-corrected chi connectivity index (χ2v) is 8.37. The Kier molecular flexibility index (Phi) is 4.89. The molecular weight excluding hydrogens is 464 g/mol. The molecule has 0 saturated carbocycles. The number of amides is 1. The number of hydrogen-bond donors (Lipinski definition) is 1. The van der Waals surface area contributed by atoms with Crippen molar-refractivity contribution in [3.8, 4) is 0 Å². The quantitative estimate of drug-likeness (QED) is 0.393. The SMILES string of the molecule is O=C(c1ccccc1Cl)N1N=C(c2ccc(Br)cc2)C[C@H]1c1nc2ccccc2[nH]1. The first-order valence-corrected chi connectivity index (χ1v) is 10.6. The van der Waals surface area contributed by atoms with Crippen molar-refractivity contribution in [1.29, 1.82) is 0 Å². The molecule has 1 aromatic heterocycles. The van der Waals surface area contributed by atoms with E-state index in [-0.39, 0.29) is 11.9 Å². The van der Waals surface area contributed by atoms with Crippen LogP contribution in [0.4, 0.5) is 0 Å². The van der Waals surface area contributed by atoms with Gasteiger partial charge in [-0.2, -0.15) is 5.10 Å². The molecule has 1 N–H and O–H groups in total. The van der Waals surface area contributed by atoms with Crippen LogP contribution in [0.2, 0.25) is 5.02 Å². The summed E-state index contributed by atoms with van der Waals surface area (Å²) in [7, 11) is 0. The summed E-state index contributed by atoms with van der Waals surface area (Å²) in [6.45, 7) is 0. The van der Waals surface area contributed by atoms with Crippen LogP contribution in [0.15, 0.2) is 82.4 Å². The summed E-state index contributed by atoms with van der Waals surface area (Å²) in [5, 5.41) is 6.60. The minimum atomic E-state index is -0.347. The van der Waals surface area contributed by atoms with E-state index in [1.807, 2.05) is 48.5 Å². The highest BCUT2D eigenvalue weighted by Crippen LogP contribution is 2.34. The van der Waals surface area contributed by atoms with Crippen LogP contribution in [-0.4, -0.2) is 26.6 Å². The fraction of sp³-hybridized carbons (Fsp3) is 0.0870. The number of carbonyl (C=O) groups excluding carboxylic acids is 1. The summed E-state index contributed by atoms with van der Waals surface area (Å²) in [5.74, 6) is 0.450. The molecule has 0 spiro atoms. The molecule has 0 radical (unpaired) electrons. The molecule has 1 amide bonds. The van der Waals surface area contributed by atoms with Crippen LogP contribution in [0.1, 0.15) is 34.2 Å². The Balaban J connectivity index is 1.58. The summed E-state index contributed by atoms with van der Waals surface area (Å²) in [5.41, 5.74) is 3.99. The number of nitrogens with zero attached hydrogens (tertiary/aromatic N) is 3. The Bertz CT molecular complexity index is 1250. The van der Waals surface area contributed by atoms with Crippen molar-refractivity contribution >= 4 is 50.2 Å². The van der Waals surface area contributed by atoms with Gasteiger partial charge in [-0.05, 0) is 42.0 Å². The number of imidazole rings is 1. The van der Waals surface area contributed by atoms with Crippen LogP contribution in [0.3, 0.4) is 0 Å². The number of benzene rings is 3. The highest BCUT2D eigenvalue weighted by molar-refractivity contribution is 9.10. The predicted octanol–water partition coefficient (Wildman–Crippen LogP) is 5.97. The van der Waals surface area contributed by atoms with E-state index < -0.39 is 0 Å². The summed E-state index contributed by atoms with van der Waals surface area (Å²) in [6.07, 6.45) is 0.553. The Morgan fingerprint density at radius 2 is 1.77 bits per heavy atom. The summed E-state index contributed by atoms with van der Waals surface area (Å²) < 4.78 is 0.989. The molecule has 0 fully saturated rings. The average molecular weight is 480 g/mol. The Hall–Kier alpha value is -2.96. The first-order chi connectivity index (χ1) is 14.6. The van der Waals surface area contributed by atoms with E-state index in [2.05, 4.69) is 20.9 Å². The van der Waals surface area contributed by atoms with Gasteiger partial charge in [0.2, 0.25) is 0 Å². The highest BCUT2D eigenvalue weighted by Gasteiger charge is 2.36. The average Bonchev–Trinajstić information content (AvgIpc) is 3.38. The molecule has 0 unspecified atom stereocenters. The lowest BCUT2D eigenvalue weighted by Crippen LogP contribution is -2.28. The maximum absolute atomic E-state index is 13.4. The maximum Gasteiger partial charge on any atom is 0.276 e. The van der Waals surface area contributed by atoms with E-state index in [1.165, 1.54) is 5.01 Å². The fourth-order valence-electron chi connectivity index (χ4n) is 3.62. The molecule has 1 atom stereocenters. The van der Waals surface area contributed by atoms with Gasteiger partial charge in [-0.1, -0.05) is 63.9 Å². The lowest BCUT2D eigenvalue weighted by molar-refractivity contribution is 0.0705. The van der Waals surface area contributed by atoms with Crippen molar-refractivity contribution in [2.75, 3.05) is 0 Å². The predicted molar refractivity (Wildman–Crippen MR) is 122 cm³/mol. The van der Waals surface area contributed by atoms with Crippen molar-refractivity contribution in [1.82, 2.24) is 15.0 Å². The molecule has 0 saturated heterocycles. The summed E-state index contributed by atoms with van der Waals surface area (Å²) in [6, 6.07) is 22.4. The lowest BCUT2D eigenvalue weighted by Gasteiger charge is -2.20. The molecule has 1 aliphatic heterocycles. The van der Waals surface area contributed by atoms with Crippen LogP contribution in [0.25, 0.3) is 11.0 Å². The van der Waals surface area contributed by atoms with Crippen molar-refractivity contribution in [2.45, 2.75) is 12.5 Å². The number of nitrogens with one attached hydrogen (secondary N) is 1. The number of halogens is 2. The van der Waals surface area contributed by atoms with Gasteiger partial charge in [0.25, 0.3) is 5.91 Å². The number of para-hydroxylation sites is 2. The number of hydrazone groups is 1. The first-order valence-electron chi connectivity index (χ1n) is 9.46. The number of aromatic nitrogens is 2. The van der Waals surface area contributed by atoms with Gasteiger partial charge in [0, 0.05) is 10.9 Å². The number of rotatable bonds is 3. The van der Waals surface area contributed by atoms with Gasteiger partial charge < -0.3 is 4.98 Å². The number of H-pyrrole nitrogens is 1. The molecule has 0 bridgehead atoms. The number of carbonyl (C=O) groups is 1. The second kappa shape index (κ2) is 7.70. The van der Waals surface area contributed by atoms with Crippen molar-refractivity contribution < 1.29 is 4.79 Å². The van der Waals surface area contributed by atoms with Gasteiger partial charge >= 0.3 is 0 Å². The van der Waals surface area contributed by atoms with Crippen molar-refractivity contribution in [3.63, 3.8) is 0 Å².